The summed E-state index contributed by atoms with van der Waals surface area (Å²) in [5.41, 5.74) is 2.77. The van der Waals surface area contributed by atoms with Crippen molar-refractivity contribution in [2.45, 2.75) is 13.8 Å². The fraction of sp³-hybridized carbons (Fsp3) is 0.120. The smallest absolute Gasteiger partial charge is 0.245 e. The van der Waals surface area contributed by atoms with Gasteiger partial charge in [-0.15, -0.1) is 0 Å². The van der Waals surface area contributed by atoms with Crippen LogP contribution in [0.3, 0.4) is 0 Å². The molecular formula is C25H18N4O2. The molecule has 0 saturated heterocycles. The van der Waals surface area contributed by atoms with E-state index in [9.17, 15) is 9.59 Å². The molecule has 0 bridgehead atoms. The van der Waals surface area contributed by atoms with Crippen LogP contribution in [0.5, 0.6) is 0 Å². The van der Waals surface area contributed by atoms with Gasteiger partial charge < -0.3 is 4.98 Å². The summed E-state index contributed by atoms with van der Waals surface area (Å²) in [7, 11) is 0. The lowest BCUT2D eigenvalue weighted by Gasteiger charge is -2.36. The monoisotopic (exact) mass is 406 g/mol. The summed E-state index contributed by atoms with van der Waals surface area (Å²) in [6.45, 7) is 3.34. The summed E-state index contributed by atoms with van der Waals surface area (Å²) >= 11 is 0. The summed E-state index contributed by atoms with van der Waals surface area (Å²) in [5, 5.41) is 2.53. The number of Topliss-reactive ketones (excluding diaryl/α,β-unsaturated/α-hetero) is 1. The zero-order chi connectivity index (χ0) is 21.3. The molecule has 0 saturated carbocycles. The predicted molar refractivity (Wildman–Crippen MR) is 121 cm³/mol. The molecular weight excluding hydrogens is 388 g/mol. The number of nitrogens with zero attached hydrogens (tertiary/aromatic N) is 3. The molecule has 0 fully saturated rings. The first-order valence-corrected chi connectivity index (χ1v) is 10.1. The first-order valence-electron chi connectivity index (χ1n) is 10.1. The second-order valence-electron chi connectivity index (χ2n) is 8.34. The first kappa shape index (κ1) is 17.8. The van der Waals surface area contributed by atoms with Crippen LogP contribution in [0.1, 0.15) is 24.3 Å². The molecule has 6 rings (SSSR count). The van der Waals surface area contributed by atoms with Crippen LogP contribution in [0.25, 0.3) is 32.7 Å². The van der Waals surface area contributed by atoms with Gasteiger partial charge in [0.05, 0.1) is 22.4 Å². The Balaban J connectivity index is 1.76. The molecule has 0 unspecified atom stereocenters. The minimum absolute atomic E-state index is 0.258. The number of fused-ring (bicyclic) bond motifs is 6. The number of amides is 1. The van der Waals surface area contributed by atoms with Crippen molar-refractivity contribution in [1.82, 2.24) is 15.0 Å². The van der Waals surface area contributed by atoms with Crippen molar-refractivity contribution in [3.8, 4) is 0 Å². The van der Waals surface area contributed by atoms with Gasteiger partial charge in [0, 0.05) is 34.1 Å². The van der Waals surface area contributed by atoms with Gasteiger partial charge in [0.1, 0.15) is 11.1 Å². The second-order valence-corrected chi connectivity index (χ2v) is 8.34. The lowest BCUT2D eigenvalue weighted by atomic mass is 9.80. The van der Waals surface area contributed by atoms with Gasteiger partial charge >= 0.3 is 0 Å². The van der Waals surface area contributed by atoms with Gasteiger partial charge in [-0.2, -0.15) is 0 Å². The SMILES string of the molecule is CC1(C)C(=O)c2nc3c(ccc4[nH]cccc43)c2N(c2cccc3ncccc23)C1=O. The van der Waals surface area contributed by atoms with Crippen molar-refractivity contribution in [1.29, 1.82) is 0 Å². The van der Waals surface area contributed by atoms with E-state index < -0.39 is 5.41 Å². The standard InChI is InChI=1S/C25H18N4O2/c1-25(2)23(30)21-22(16-10-11-18-15(20(16)28-21)7-5-13-27-18)29(24(25)31)19-9-3-8-17-14(19)6-4-12-26-17/h3-13,27H,1-2H3. The van der Waals surface area contributed by atoms with Gasteiger partial charge in [-0.05, 0) is 62.4 Å². The van der Waals surface area contributed by atoms with Gasteiger partial charge in [0.2, 0.25) is 5.91 Å². The topological polar surface area (TPSA) is 79.0 Å². The Morgan fingerprint density at radius 1 is 0.903 bits per heavy atom. The van der Waals surface area contributed by atoms with E-state index in [1.54, 1.807) is 24.9 Å². The van der Waals surface area contributed by atoms with Crippen LogP contribution in [0.2, 0.25) is 0 Å². The lowest BCUT2D eigenvalue weighted by Crippen LogP contribution is -2.47. The van der Waals surface area contributed by atoms with Crippen LogP contribution in [-0.2, 0) is 4.79 Å². The van der Waals surface area contributed by atoms with Crippen molar-refractivity contribution in [3.63, 3.8) is 0 Å². The highest BCUT2D eigenvalue weighted by atomic mass is 16.2. The number of carbonyl (C=O) groups is 2. The minimum atomic E-state index is -1.23. The number of carbonyl (C=O) groups excluding carboxylic acids is 2. The number of hydrogen-bond donors (Lipinski definition) is 1. The van der Waals surface area contributed by atoms with Crippen molar-refractivity contribution in [2.24, 2.45) is 5.41 Å². The first-order chi connectivity index (χ1) is 15.0. The van der Waals surface area contributed by atoms with Crippen molar-refractivity contribution in [3.05, 3.63) is 72.7 Å². The summed E-state index contributed by atoms with van der Waals surface area (Å²) < 4.78 is 0. The van der Waals surface area contributed by atoms with Crippen LogP contribution in [0.15, 0.2) is 67.0 Å². The summed E-state index contributed by atoms with van der Waals surface area (Å²) in [4.78, 5) is 41.2. The minimum Gasteiger partial charge on any atom is -0.361 e. The van der Waals surface area contributed by atoms with E-state index in [0.717, 1.165) is 27.2 Å². The Labute approximate surface area is 177 Å². The van der Waals surface area contributed by atoms with Crippen LogP contribution in [0, 0.1) is 5.41 Å². The number of hydrogen-bond acceptors (Lipinski definition) is 4. The molecule has 6 nitrogen and oxygen atoms in total. The van der Waals surface area contributed by atoms with Crippen LogP contribution in [-0.4, -0.2) is 26.6 Å². The number of nitrogens with one attached hydrogen (secondary N) is 1. The third kappa shape index (κ3) is 2.27. The van der Waals surface area contributed by atoms with Gasteiger partial charge in [0.15, 0.2) is 5.78 Å². The molecule has 5 aromatic rings. The Morgan fingerprint density at radius 2 is 1.74 bits per heavy atom. The predicted octanol–water partition coefficient (Wildman–Crippen LogP) is 5.15. The van der Waals surface area contributed by atoms with E-state index >= 15 is 0 Å². The number of ketones is 1. The lowest BCUT2D eigenvalue weighted by molar-refractivity contribution is -0.124. The number of benzene rings is 2. The highest BCUT2D eigenvalue weighted by molar-refractivity contribution is 6.32. The zero-order valence-electron chi connectivity index (χ0n) is 17.0. The van der Waals surface area contributed by atoms with E-state index in [2.05, 4.69) is 9.97 Å². The molecule has 31 heavy (non-hydrogen) atoms. The van der Waals surface area contributed by atoms with Crippen LogP contribution >= 0.6 is 0 Å². The number of pyridine rings is 2. The molecule has 150 valence electrons. The Bertz CT molecular complexity index is 1560. The number of anilines is 2. The molecule has 0 atom stereocenters. The number of H-pyrrole nitrogens is 1. The molecule has 1 amide bonds. The Hall–Kier alpha value is -4.06. The van der Waals surface area contributed by atoms with E-state index in [1.165, 1.54) is 0 Å². The maximum Gasteiger partial charge on any atom is 0.245 e. The molecule has 1 N–H and O–H groups in total. The molecule has 2 aromatic carbocycles. The van der Waals surface area contributed by atoms with Crippen LogP contribution in [0.4, 0.5) is 11.4 Å². The molecule has 6 heteroatoms. The molecule has 1 aliphatic rings. The van der Waals surface area contributed by atoms with Crippen molar-refractivity contribution >= 4 is 55.8 Å². The van der Waals surface area contributed by atoms with Crippen molar-refractivity contribution in [2.75, 3.05) is 4.90 Å². The maximum atomic E-state index is 13.7. The van der Waals surface area contributed by atoms with Crippen molar-refractivity contribution < 1.29 is 9.59 Å². The van der Waals surface area contributed by atoms with E-state index in [-0.39, 0.29) is 11.7 Å². The third-order valence-corrected chi connectivity index (χ3v) is 6.13. The molecule has 0 spiro atoms. The highest BCUT2D eigenvalue weighted by Crippen LogP contribution is 2.47. The highest BCUT2D eigenvalue weighted by Gasteiger charge is 2.49. The molecule has 0 aliphatic carbocycles. The van der Waals surface area contributed by atoms with Gasteiger partial charge in [-0.3, -0.25) is 19.5 Å². The quantitative estimate of drug-likeness (QED) is 0.390. The molecule has 3 aromatic heterocycles. The van der Waals surface area contributed by atoms with Gasteiger partial charge in [0.25, 0.3) is 0 Å². The normalized spacial score (nSPS) is 15.7. The average molecular weight is 406 g/mol. The fourth-order valence-corrected chi connectivity index (χ4v) is 4.46. The molecule has 1 aliphatic heterocycles. The van der Waals surface area contributed by atoms with E-state index in [4.69, 9.17) is 4.98 Å². The average Bonchev–Trinajstić information content (AvgIpc) is 3.18. The molecule has 4 heterocycles. The zero-order valence-corrected chi connectivity index (χ0v) is 17.0. The molecule has 0 radical (unpaired) electrons. The van der Waals surface area contributed by atoms with E-state index in [1.807, 2.05) is 60.8 Å². The Morgan fingerprint density at radius 3 is 2.61 bits per heavy atom. The van der Waals surface area contributed by atoms with E-state index in [0.29, 0.717) is 22.6 Å². The Kier molecular flexibility index (Phi) is 3.43. The second kappa shape index (κ2) is 5.98. The largest absolute Gasteiger partial charge is 0.361 e. The van der Waals surface area contributed by atoms with Crippen LogP contribution < -0.4 is 4.90 Å². The fourth-order valence-electron chi connectivity index (χ4n) is 4.46. The number of aromatic amines is 1. The number of aromatic nitrogens is 3. The summed E-state index contributed by atoms with van der Waals surface area (Å²) in [6.07, 6.45) is 3.58. The number of rotatable bonds is 1. The summed E-state index contributed by atoms with van der Waals surface area (Å²) in [5.74, 6) is -0.526. The van der Waals surface area contributed by atoms with Gasteiger partial charge in [-0.25, -0.2) is 4.98 Å². The maximum absolute atomic E-state index is 13.7. The summed E-state index contributed by atoms with van der Waals surface area (Å²) in [6, 6.07) is 17.2. The third-order valence-electron chi connectivity index (χ3n) is 6.13. The van der Waals surface area contributed by atoms with Gasteiger partial charge in [-0.1, -0.05) is 6.07 Å².